The molecule has 0 radical (unpaired) electrons. The summed E-state index contributed by atoms with van der Waals surface area (Å²) in [5.74, 6) is 0.871. The summed E-state index contributed by atoms with van der Waals surface area (Å²) in [7, 11) is 0. The first-order valence-electron chi connectivity index (χ1n) is 13.2. The van der Waals surface area contributed by atoms with Crippen molar-refractivity contribution < 1.29 is 0 Å². The fourth-order valence-electron chi connectivity index (χ4n) is 5.84. The van der Waals surface area contributed by atoms with Crippen LogP contribution in [-0.2, 0) is 13.1 Å². The van der Waals surface area contributed by atoms with Gasteiger partial charge in [0.15, 0.2) is 5.82 Å². The van der Waals surface area contributed by atoms with E-state index in [4.69, 9.17) is 0 Å². The third-order valence-electron chi connectivity index (χ3n) is 7.59. The summed E-state index contributed by atoms with van der Waals surface area (Å²) in [4.78, 5) is 18.9. The van der Waals surface area contributed by atoms with Crippen LogP contribution in [0.3, 0.4) is 0 Å². The lowest BCUT2D eigenvalue weighted by Crippen LogP contribution is -2.41. The molecule has 188 valence electrons. The quantitative estimate of drug-likeness (QED) is 0.359. The molecule has 2 aromatic heterocycles. The van der Waals surface area contributed by atoms with E-state index >= 15 is 0 Å². The third-order valence-corrected chi connectivity index (χ3v) is 7.59. The predicted octanol–water partition coefficient (Wildman–Crippen LogP) is 5.47. The fraction of sp³-hybridized carbons (Fsp3) is 0.448. The Morgan fingerprint density at radius 2 is 1.86 bits per heavy atom. The van der Waals surface area contributed by atoms with Gasteiger partial charge in [0.05, 0.1) is 18.1 Å². The minimum absolute atomic E-state index is 0.00556. The zero-order chi connectivity index (χ0) is 25.1. The molecule has 1 aliphatic carbocycles. The number of nitrogens with one attached hydrogen (secondary N) is 1. The van der Waals surface area contributed by atoms with E-state index in [2.05, 4.69) is 76.5 Å². The van der Waals surface area contributed by atoms with Crippen molar-refractivity contribution in [2.75, 3.05) is 0 Å². The van der Waals surface area contributed by atoms with Gasteiger partial charge in [0, 0.05) is 18.2 Å². The van der Waals surface area contributed by atoms with Crippen LogP contribution in [0.4, 0.5) is 0 Å². The van der Waals surface area contributed by atoms with Crippen molar-refractivity contribution in [3.63, 3.8) is 0 Å². The Bertz CT molecular complexity index is 1370. The van der Waals surface area contributed by atoms with Crippen LogP contribution in [0.2, 0.25) is 0 Å². The molecule has 1 N–H and O–H groups in total. The molecule has 0 unspecified atom stereocenters. The molecule has 0 bridgehead atoms. The molecule has 7 heteroatoms. The lowest BCUT2D eigenvalue weighted by atomic mass is 9.92. The zero-order valence-electron chi connectivity index (χ0n) is 21.6. The number of aromatic nitrogens is 5. The molecular weight excluding hydrogens is 448 g/mol. The number of H-pyrrole nitrogens is 1. The van der Waals surface area contributed by atoms with Gasteiger partial charge in [-0.15, -0.1) is 5.10 Å². The SMILES string of the molecule is CC[C@H](c1nnnn1Cc1ccccc1)N(Cc1cc2cc(C)cc(C)c2[nH]c1=O)C1CCCCC1. The number of aryl methyl sites for hydroxylation is 2. The van der Waals surface area contributed by atoms with E-state index in [0.717, 1.165) is 47.1 Å². The molecule has 1 atom stereocenters. The van der Waals surface area contributed by atoms with E-state index in [1.165, 1.54) is 30.4 Å². The van der Waals surface area contributed by atoms with Gasteiger partial charge >= 0.3 is 0 Å². The van der Waals surface area contributed by atoms with Crippen LogP contribution >= 0.6 is 0 Å². The summed E-state index contributed by atoms with van der Waals surface area (Å²) in [6.07, 6.45) is 6.87. The van der Waals surface area contributed by atoms with Crippen LogP contribution in [0.5, 0.6) is 0 Å². The van der Waals surface area contributed by atoms with E-state index < -0.39 is 0 Å². The van der Waals surface area contributed by atoms with Crippen LogP contribution in [0.15, 0.2) is 53.3 Å². The van der Waals surface area contributed by atoms with Crippen molar-refractivity contribution in [1.29, 1.82) is 0 Å². The molecule has 2 aromatic carbocycles. The maximum Gasteiger partial charge on any atom is 0.252 e. The molecule has 5 rings (SSSR count). The Balaban J connectivity index is 1.52. The van der Waals surface area contributed by atoms with Crippen LogP contribution in [0.1, 0.15) is 79.6 Å². The number of aromatic amines is 1. The van der Waals surface area contributed by atoms with Gasteiger partial charge in [-0.1, -0.05) is 68.1 Å². The predicted molar refractivity (Wildman–Crippen MR) is 143 cm³/mol. The van der Waals surface area contributed by atoms with Gasteiger partial charge in [0.2, 0.25) is 0 Å². The average molecular weight is 485 g/mol. The molecule has 0 saturated heterocycles. The van der Waals surface area contributed by atoms with Gasteiger partial charge < -0.3 is 4.98 Å². The second kappa shape index (κ2) is 10.7. The first-order chi connectivity index (χ1) is 17.5. The number of pyridine rings is 1. The Morgan fingerprint density at radius 1 is 1.08 bits per heavy atom. The van der Waals surface area contributed by atoms with E-state index in [9.17, 15) is 4.79 Å². The molecule has 2 heterocycles. The number of benzene rings is 2. The standard InChI is InChI=1S/C29H36N6O/c1-4-26(28-31-32-33-35(28)18-22-11-7-5-8-12-22)34(25-13-9-6-10-14-25)19-24-17-23-16-20(2)15-21(3)27(23)30-29(24)36/h5,7-8,11-12,15-17,25-26H,4,6,9-10,13-14,18-19H2,1-3H3,(H,30,36)/t26-/m1/s1. The first-order valence-corrected chi connectivity index (χ1v) is 13.2. The van der Waals surface area contributed by atoms with Gasteiger partial charge in [-0.05, 0) is 72.2 Å². The highest BCUT2D eigenvalue weighted by Crippen LogP contribution is 2.33. The summed E-state index contributed by atoms with van der Waals surface area (Å²) in [6.45, 7) is 7.57. The van der Waals surface area contributed by atoms with Crippen molar-refractivity contribution in [3.8, 4) is 0 Å². The molecule has 4 aromatic rings. The number of rotatable bonds is 8. The molecule has 1 fully saturated rings. The van der Waals surface area contributed by atoms with Crippen LogP contribution < -0.4 is 5.56 Å². The van der Waals surface area contributed by atoms with Gasteiger partial charge in [0.25, 0.3) is 5.56 Å². The lowest BCUT2D eigenvalue weighted by molar-refractivity contribution is 0.0844. The maximum atomic E-state index is 13.3. The molecule has 0 amide bonds. The minimum atomic E-state index is -0.00556. The molecule has 36 heavy (non-hydrogen) atoms. The smallest absolute Gasteiger partial charge is 0.252 e. The Hall–Kier alpha value is -3.32. The summed E-state index contributed by atoms with van der Waals surface area (Å²) < 4.78 is 1.93. The normalized spacial score (nSPS) is 15.6. The second-order valence-electron chi connectivity index (χ2n) is 10.2. The highest BCUT2D eigenvalue weighted by molar-refractivity contribution is 5.82. The van der Waals surface area contributed by atoms with Gasteiger partial charge in [-0.3, -0.25) is 9.69 Å². The highest BCUT2D eigenvalue weighted by atomic mass is 16.1. The van der Waals surface area contributed by atoms with E-state index in [0.29, 0.717) is 19.1 Å². The Morgan fingerprint density at radius 3 is 2.61 bits per heavy atom. The zero-order valence-corrected chi connectivity index (χ0v) is 21.6. The molecule has 1 saturated carbocycles. The number of fused-ring (bicyclic) bond motifs is 1. The van der Waals surface area contributed by atoms with Crippen molar-refractivity contribution in [2.24, 2.45) is 0 Å². The molecule has 0 aliphatic heterocycles. The summed E-state index contributed by atoms with van der Waals surface area (Å²) >= 11 is 0. The number of nitrogens with zero attached hydrogens (tertiary/aromatic N) is 5. The number of hydrogen-bond donors (Lipinski definition) is 1. The highest BCUT2D eigenvalue weighted by Gasteiger charge is 2.32. The first kappa shape index (κ1) is 24.4. The van der Waals surface area contributed by atoms with Crippen LogP contribution in [-0.4, -0.2) is 36.1 Å². The average Bonchev–Trinajstić information content (AvgIpc) is 3.33. The Kier molecular flexibility index (Phi) is 7.28. The number of hydrogen-bond acceptors (Lipinski definition) is 5. The van der Waals surface area contributed by atoms with E-state index in [1.54, 1.807) is 0 Å². The largest absolute Gasteiger partial charge is 0.321 e. The van der Waals surface area contributed by atoms with Crippen LogP contribution in [0.25, 0.3) is 10.9 Å². The minimum Gasteiger partial charge on any atom is -0.321 e. The van der Waals surface area contributed by atoms with Crippen molar-refractivity contribution >= 4 is 10.9 Å². The summed E-state index contributed by atoms with van der Waals surface area (Å²) in [6, 6.07) is 17.1. The molecular formula is C29H36N6O. The van der Waals surface area contributed by atoms with Gasteiger partial charge in [-0.2, -0.15) is 0 Å². The van der Waals surface area contributed by atoms with Crippen molar-refractivity contribution in [1.82, 2.24) is 30.1 Å². The molecule has 7 nitrogen and oxygen atoms in total. The third kappa shape index (κ3) is 5.12. The Labute approximate surface area is 212 Å². The lowest BCUT2D eigenvalue weighted by Gasteiger charge is -2.39. The topological polar surface area (TPSA) is 79.7 Å². The van der Waals surface area contributed by atoms with Crippen LogP contribution in [0, 0.1) is 13.8 Å². The number of tetrazole rings is 1. The van der Waals surface area contributed by atoms with E-state index in [1.807, 2.05) is 22.9 Å². The monoisotopic (exact) mass is 484 g/mol. The molecule has 1 aliphatic rings. The summed E-state index contributed by atoms with van der Waals surface area (Å²) in [5, 5.41) is 14.0. The van der Waals surface area contributed by atoms with Gasteiger partial charge in [-0.25, -0.2) is 4.68 Å². The fourth-order valence-corrected chi connectivity index (χ4v) is 5.84. The maximum absolute atomic E-state index is 13.3. The molecule has 0 spiro atoms. The van der Waals surface area contributed by atoms with Crippen molar-refractivity contribution in [3.05, 3.63) is 87.0 Å². The second-order valence-corrected chi connectivity index (χ2v) is 10.2. The van der Waals surface area contributed by atoms with Gasteiger partial charge in [0.1, 0.15) is 0 Å². The summed E-state index contributed by atoms with van der Waals surface area (Å²) in [5.41, 5.74) is 5.20. The van der Waals surface area contributed by atoms with E-state index in [-0.39, 0.29) is 11.6 Å². The van der Waals surface area contributed by atoms with Crippen molar-refractivity contribution in [2.45, 2.75) is 84.5 Å².